The fraction of sp³-hybridized carbons (Fsp3) is 0.462. The molecular weight excluding hydrogens is 285 g/mol. The first-order chi connectivity index (χ1) is 9.89. The van der Waals surface area contributed by atoms with Gasteiger partial charge in [0.2, 0.25) is 5.82 Å². The first-order valence-electron chi connectivity index (χ1n) is 6.59. The van der Waals surface area contributed by atoms with E-state index >= 15 is 0 Å². The number of halogens is 3. The SMILES string of the molecule is Cn1ccnc(-n2nc(C(F)(F)F)c3c2CCCC3)c1=O. The third kappa shape index (κ3) is 2.24. The zero-order valence-electron chi connectivity index (χ0n) is 11.3. The molecule has 1 aliphatic rings. The van der Waals surface area contributed by atoms with Crippen molar-refractivity contribution in [2.45, 2.75) is 31.9 Å². The second kappa shape index (κ2) is 4.71. The van der Waals surface area contributed by atoms with Crippen LogP contribution in [0.3, 0.4) is 0 Å². The van der Waals surface area contributed by atoms with Crippen molar-refractivity contribution in [3.63, 3.8) is 0 Å². The van der Waals surface area contributed by atoms with E-state index in [-0.39, 0.29) is 11.4 Å². The van der Waals surface area contributed by atoms with Crippen molar-refractivity contribution in [3.05, 3.63) is 39.7 Å². The predicted molar refractivity (Wildman–Crippen MR) is 68.2 cm³/mol. The van der Waals surface area contributed by atoms with Gasteiger partial charge < -0.3 is 4.57 Å². The highest BCUT2D eigenvalue weighted by atomic mass is 19.4. The van der Waals surface area contributed by atoms with Gasteiger partial charge >= 0.3 is 6.18 Å². The molecular formula is C13H13F3N4O. The molecule has 2 aromatic rings. The van der Waals surface area contributed by atoms with E-state index in [4.69, 9.17) is 0 Å². The number of aryl methyl sites for hydroxylation is 1. The van der Waals surface area contributed by atoms with Crippen LogP contribution in [0.2, 0.25) is 0 Å². The molecule has 0 saturated carbocycles. The van der Waals surface area contributed by atoms with Gasteiger partial charge in [-0.2, -0.15) is 18.3 Å². The maximum absolute atomic E-state index is 13.1. The van der Waals surface area contributed by atoms with Crippen LogP contribution >= 0.6 is 0 Å². The van der Waals surface area contributed by atoms with Crippen molar-refractivity contribution < 1.29 is 13.2 Å². The van der Waals surface area contributed by atoms with E-state index in [0.29, 0.717) is 25.0 Å². The van der Waals surface area contributed by atoms with Crippen LogP contribution in [-0.2, 0) is 26.1 Å². The lowest BCUT2D eigenvalue weighted by Gasteiger charge is -2.14. The molecule has 0 radical (unpaired) electrons. The maximum atomic E-state index is 13.1. The van der Waals surface area contributed by atoms with Gasteiger partial charge in [0.15, 0.2) is 5.69 Å². The molecule has 0 unspecified atom stereocenters. The van der Waals surface area contributed by atoms with Crippen LogP contribution in [0.15, 0.2) is 17.2 Å². The topological polar surface area (TPSA) is 52.7 Å². The van der Waals surface area contributed by atoms with Gasteiger partial charge in [0, 0.05) is 25.0 Å². The van der Waals surface area contributed by atoms with Gasteiger partial charge in [0.25, 0.3) is 5.56 Å². The highest BCUT2D eigenvalue weighted by Crippen LogP contribution is 2.36. The Hall–Kier alpha value is -2.12. The van der Waals surface area contributed by atoms with Gasteiger partial charge in [-0.1, -0.05) is 0 Å². The summed E-state index contributed by atoms with van der Waals surface area (Å²) in [6.45, 7) is 0. The standard InChI is InChI=1S/C13H13F3N4O/c1-19-7-6-17-11(12(19)21)20-9-5-3-2-4-8(9)10(18-20)13(14,15)16/h6-7H,2-5H2,1H3. The number of hydrogen-bond acceptors (Lipinski definition) is 3. The number of hydrogen-bond donors (Lipinski definition) is 0. The maximum Gasteiger partial charge on any atom is 0.435 e. The molecule has 0 aromatic carbocycles. The molecule has 3 rings (SSSR count). The number of rotatable bonds is 1. The van der Waals surface area contributed by atoms with Crippen molar-refractivity contribution in [1.29, 1.82) is 0 Å². The summed E-state index contributed by atoms with van der Waals surface area (Å²) in [7, 11) is 1.52. The minimum atomic E-state index is -4.52. The van der Waals surface area contributed by atoms with Crippen molar-refractivity contribution >= 4 is 0 Å². The second-order valence-corrected chi connectivity index (χ2v) is 5.06. The molecule has 5 nitrogen and oxygen atoms in total. The zero-order valence-corrected chi connectivity index (χ0v) is 11.3. The van der Waals surface area contributed by atoms with Crippen molar-refractivity contribution in [3.8, 4) is 5.82 Å². The van der Waals surface area contributed by atoms with Crippen molar-refractivity contribution in [2.24, 2.45) is 7.05 Å². The highest BCUT2D eigenvalue weighted by Gasteiger charge is 2.40. The smallest absolute Gasteiger partial charge is 0.314 e. The Morgan fingerprint density at radius 1 is 1.24 bits per heavy atom. The Bertz CT molecular complexity index is 745. The summed E-state index contributed by atoms with van der Waals surface area (Å²) in [6, 6.07) is 0. The number of alkyl halides is 3. The Morgan fingerprint density at radius 3 is 2.67 bits per heavy atom. The molecule has 21 heavy (non-hydrogen) atoms. The third-order valence-electron chi connectivity index (χ3n) is 3.65. The Labute approximate surface area is 118 Å². The monoisotopic (exact) mass is 298 g/mol. The Kier molecular flexibility index (Phi) is 3.11. The normalized spacial score (nSPS) is 15.0. The minimum Gasteiger partial charge on any atom is -0.314 e. The highest BCUT2D eigenvalue weighted by molar-refractivity contribution is 5.35. The van der Waals surface area contributed by atoms with E-state index in [1.54, 1.807) is 0 Å². The van der Waals surface area contributed by atoms with E-state index in [1.165, 1.54) is 24.0 Å². The van der Waals surface area contributed by atoms with Crippen LogP contribution in [-0.4, -0.2) is 19.3 Å². The van der Waals surface area contributed by atoms with Gasteiger partial charge in [-0.05, 0) is 25.7 Å². The minimum absolute atomic E-state index is 0.0892. The van der Waals surface area contributed by atoms with E-state index < -0.39 is 17.4 Å². The van der Waals surface area contributed by atoms with Crippen LogP contribution < -0.4 is 5.56 Å². The van der Waals surface area contributed by atoms with Gasteiger partial charge in [0.1, 0.15) is 0 Å². The van der Waals surface area contributed by atoms with Crippen LogP contribution in [0.4, 0.5) is 13.2 Å². The molecule has 0 atom stereocenters. The van der Waals surface area contributed by atoms with Crippen molar-refractivity contribution in [2.75, 3.05) is 0 Å². The Morgan fingerprint density at radius 2 is 1.95 bits per heavy atom. The molecule has 0 spiro atoms. The fourth-order valence-electron chi connectivity index (χ4n) is 2.63. The molecule has 2 heterocycles. The summed E-state index contributed by atoms with van der Waals surface area (Å²) in [4.78, 5) is 16.0. The molecule has 0 aliphatic heterocycles. The quantitative estimate of drug-likeness (QED) is 0.807. The molecule has 0 amide bonds. The summed E-state index contributed by atoms with van der Waals surface area (Å²) in [5.41, 5.74) is -0.724. The fourth-order valence-corrected chi connectivity index (χ4v) is 2.63. The molecule has 8 heteroatoms. The summed E-state index contributed by atoms with van der Waals surface area (Å²) >= 11 is 0. The molecule has 1 aliphatic carbocycles. The molecule has 2 aromatic heterocycles. The zero-order chi connectivity index (χ0) is 15.2. The average molecular weight is 298 g/mol. The lowest BCUT2D eigenvalue weighted by molar-refractivity contribution is -0.142. The lowest BCUT2D eigenvalue weighted by atomic mass is 9.95. The van der Waals surface area contributed by atoms with Crippen LogP contribution in [0, 0.1) is 0 Å². The van der Waals surface area contributed by atoms with Crippen LogP contribution in [0.25, 0.3) is 5.82 Å². The number of aromatic nitrogens is 4. The first kappa shape index (κ1) is 13.8. The second-order valence-electron chi connectivity index (χ2n) is 5.06. The van der Waals surface area contributed by atoms with Gasteiger partial charge in [0.05, 0.1) is 5.69 Å². The summed E-state index contributed by atoms with van der Waals surface area (Å²) in [5, 5.41) is 3.65. The average Bonchev–Trinajstić information content (AvgIpc) is 2.81. The Balaban J connectivity index is 2.27. The number of nitrogens with zero attached hydrogens (tertiary/aromatic N) is 4. The molecule has 0 saturated heterocycles. The predicted octanol–water partition coefficient (Wildman–Crippen LogP) is 1.86. The van der Waals surface area contributed by atoms with Gasteiger partial charge in [-0.3, -0.25) is 4.79 Å². The molecule has 112 valence electrons. The van der Waals surface area contributed by atoms with Crippen molar-refractivity contribution in [1.82, 2.24) is 19.3 Å². The van der Waals surface area contributed by atoms with Crippen LogP contribution in [0.1, 0.15) is 29.8 Å². The number of fused-ring (bicyclic) bond motifs is 1. The summed E-state index contributed by atoms with van der Waals surface area (Å²) in [5.74, 6) is -0.0892. The third-order valence-corrected chi connectivity index (χ3v) is 3.65. The van der Waals surface area contributed by atoms with E-state index in [2.05, 4.69) is 10.1 Å². The molecule has 0 N–H and O–H groups in total. The largest absolute Gasteiger partial charge is 0.435 e. The van der Waals surface area contributed by atoms with Crippen LogP contribution in [0.5, 0.6) is 0 Å². The summed E-state index contributed by atoms with van der Waals surface area (Å²) in [6.07, 6.45) is 0.584. The summed E-state index contributed by atoms with van der Waals surface area (Å²) < 4.78 is 41.7. The van der Waals surface area contributed by atoms with Gasteiger partial charge in [-0.25, -0.2) is 9.67 Å². The van der Waals surface area contributed by atoms with Gasteiger partial charge in [-0.15, -0.1) is 0 Å². The van der Waals surface area contributed by atoms with E-state index in [9.17, 15) is 18.0 Å². The molecule has 0 fully saturated rings. The molecule has 0 bridgehead atoms. The van der Waals surface area contributed by atoms with E-state index in [0.717, 1.165) is 11.1 Å². The first-order valence-corrected chi connectivity index (χ1v) is 6.59. The van der Waals surface area contributed by atoms with E-state index in [1.807, 2.05) is 0 Å². The lowest BCUT2D eigenvalue weighted by Crippen LogP contribution is -2.25.